The zero-order valence-electron chi connectivity index (χ0n) is 9.47. The van der Waals surface area contributed by atoms with Crippen LogP contribution >= 0.6 is 0 Å². The second-order valence-corrected chi connectivity index (χ2v) is 4.57. The van der Waals surface area contributed by atoms with Gasteiger partial charge in [-0.25, -0.2) is 10.2 Å². The highest BCUT2D eigenvalue weighted by Gasteiger charge is 2.26. The van der Waals surface area contributed by atoms with Crippen LogP contribution in [0.1, 0.15) is 28.7 Å². The minimum Gasteiger partial charge on any atom is -0.306 e. The monoisotopic (exact) mass is 233 g/mol. The highest BCUT2D eigenvalue weighted by atomic mass is 16.5. The van der Waals surface area contributed by atoms with Crippen LogP contribution in [0.3, 0.4) is 0 Å². The molecule has 2 aliphatic carbocycles. The van der Waals surface area contributed by atoms with E-state index in [1.165, 1.54) is 22.3 Å². The van der Waals surface area contributed by atoms with Gasteiger partial charge in [-0.15, -0.1) is 5.59 Å². The zero-order valence-corrected chi connectivity index (χ0v) is 9.47. The second-order valence-electron chi connectivity index (χ2n) is 4.57. The van der Waals surface area contributed by atoms with Crippen molar-refractivity contribution >= 4 is 11.7 Å². The summed E-state index contributed by atoms with van der Waals surface area (Å²) in [5.74, 6) is 0. The third-order valence-corrected chi connectivity index (χ3v) is 3.65. The molecule has 1 aromatic rings. The number of fused-ring (bicyclic) bond motifs is 2. The third kappa shape index (κ3) is 1.67. The molecule has 17 heavy (non-hydrogen) atoms. The molecule has 0 radical (unpaired) electrons. The average molecular weight is 233 g/mol. The van der Waals surface area contributed by atoms with Crippen molar-refractivity contribution in [2.45, 2.75) is 32.1 Å². The van der Waals surface area contributed by atoms with Gasteiger partial charge >= 0.3 is 6.03 Å². The molecule has 4 N–H and O–H groups in total. The largest absolute Gasteiger partial charge is 0.335 e. The molecule has 0 unspecified atom stereocenters. The Morgan fingerprint density at radius 3 is 2.59 bits per heavy atom. The Kier molecular flexibility index (Phi) is 2.49. The van der Waals surface area contributed by atoms with Crippen molar-refractivity contribution in [3.8, 4) is 0 Å². The van der Waals surface area contributed by atoms with E-state index < -0.39 is 6.03 Å². The summed E-state index contributed by atoms with van der Waals surface area (Å²) < 4.78 is 0. The molecular formula is C12H15N3O2. The topological polar surface area (TPSA) is 73.4 Å². The Morgan fingerprint density at radius 2 is 1.88 bits per heavy atom. The van der Waals surface area contributed by atoms with Gasteiger partial charge in [0, 0.05) is 5.69 Å². The maximum atomic E-state index is 11.5. The molecule has 0 saturated heterocycles. The molecule has 5 heteroatoms. The number of urea groups is 1. The van der Waals surface area contributed by atoms with E-state index in [4.69, 9.17) is 5.21 Å². The molecule has 0 spiro atoms. The lowest BCUT2D eigenvalue weighted by atomic mass is 9.83. The predicted octanol–water partition coefficient (Wildman–Crippen LogP) is 1.29. The number of hydrazine groups is 1. The normalized spacial score (nSPS) is 15.8. The molecule has 2 aliphatic rings. The molecule has 0 fully saturated rings. The van der Waals surface area contributed by atoms with Gasteiger partial charge in [0.05, 0.1) is 0 Å². The lowest BCUT2D eigenvalue weighted by Crippen LogP contribution is -2.38. The molecule has 2 amide bonds. The lowest BCUT2D eigenvalue weighted by Gasteiger charge is -2.26. The quantitative estimate of drug-likeness (QED) is 0.581. The maximum Gasteiger partial charge on any atom is 0.335 e. The van der Waals surface area contributed by atoms with E-state index in [0.29, 0.717) is 0 Å². The summed E-state index contributed by atoms with van der Waals surface area (Å²) in [6, 6.07) is 1.86. The van der Waals surface area contributed by atoms with Crippen LogP contribution in [0.2, 0.25) is 0 Å². The molecule has 90 valence electrons. The van der Waals surface area contributed by atoms with E-state index in [2.05, 4.69) is 16.8 Å². The Hall–Kier alpha value is -1.59. The van der Waals surface area contributed by atoms with E-state index in [1.807, 2.05) is 0 Å². The van der Waals surface area contributed by atoms with Crippen LogP contribution in [0, 0.1) is 0 Å². The van der Waals surface area contributed by atoms with Crippen molar-refractivity contribution in [1.29, 1.82) is 0 Å². The fourth-order valence-corrected chi connectivity index (χ4v) is 2.79. The van der Waals surface area contributed by atoms with Gasteiger partial charge in [0.15, 0.2) is 0 Å². The lowest BCUT2D eigenvalue weighted by molar-refractivity contribution is 0.130. The Bertz CT molecular complexity index is 485. The number of hydrogen-bond acceptors (Lipinski definition) is 3. The van der Waals surface area contributed by atoms with Crippen molar-refractivity contribution in [3.63, 3.8) is 0 Å². The van der Waals surface area contributed by atoms with Crippen LogP contribution in [0.15, 0.2) is 6.07 Å². The number of anilines is 1. The Labute approximate surface area is 99.1 Å². The smallest absolute Gasteiger partial charge is 0.306 e. The number of carbonyl (C=O) groups excluding carboxylic acids is 1. The minimum absolute atomic E-state index is 0.429. The van der Waals surface area contributed by atoms with Crippen LogP contribution in [0.5, 0.6) is 0 Å². The summed E-state index contributed by atoms with van der Waals surface area (Å²) in [7, 11) is 0. The van der Waals surface area contributed by atoms with Crippen LogP contribution < -0.4 is 16.3 Å². The summed E-state index contributed by atoms with van der Waals surface area (Å²) in [4.78, 5) is 11.5. The first-order valence-electron chi connectivity index (χ1n) is 5.92. The molecule has 0 saturated carbocycles. The highest BCUT2D eigenvalue weighted by molar-refractivity contribution is 5.92. The van der Waals surface area contributed by atoms with Crippen LogP contribution in [-0.4, -0.2) is 11.2 Å². The molecule has 0 atom stereocenters. The predicted molar refractivity (Wildman–Crippen MR) is 63.0 cm³/mol. The number of amides is 2. The van der Waals surface area contributed by atoms with Gasteiger partial charge in [0.25, 0.3) is 0 Å². The summed E-state index contributed by atoms with van der Waals surface area (Å²) in [6.45, 7) is 0. The number of benzene rings is 1. The Balaban J connectivity index is 1.95. The van der Waals surface area contributed by atoms with Crippen molar-refractivity contribution < 1.29 is 10.0 Å². The van der Waals surface area contributed by atoms with Crippen LogP contribution in [-0.2, 0) is 25.7 Å². The van der Waals surface area contributed by atoms with Gasteiger partial charge in [-0.05, 0) is 54.4 Å². The van der Waals surface area contributed by atoms with Gasteiger partial charge in [-0.2, -0.15) is 0 Å². The van der Waals surface area contributed by atoms with Crippen molar-refractivity contribution in [2.75, 3.05) is 5.32 Å². The zero-order chi connectivity index (χ0) is 11.8. The standard InChI is InChI=1S/C12H15N3O2/c16-12(14-15-17)13-11-9-3-1-2-7(9)6-8-4-5-10(8)11/h6,15,17H,1-5H2,(H2,13,14,16). The van der Waals surface area contributed by atoms with Gasteiger partial charge in [-0.3, -0.25) is 5.21 Å². The van der Waals surface area contributed by atoms with E-state index in [1.54, 1.807) is 5.59 Å². The minimum atomic E-state index is -0.429. The SMILES string of the molecule is O=C(NNO)Nc1c2c(cc3c1CC3)CCC2. The molecule has 3 rings (SSSR count). The number of nitrogens with one attached hydrogen (secondary N) is 3. The number of carbonyl (C=O) groups is 1. The van der Waals surface area contributed by atoms with Gasteiger partial charge in [0.2, 0.25) is 0 Å². The first-order chi connectivity index (χ1) is 8.29. The molecule has 5 nitrogen and oxygen atoms in total. The van der Waals surface area contributed by atoms with Gasteiger partial charge in [0.1, 0.15) is 0 Å². The van der Waals surface area contributed by atoms with E-state index in [0.717, 1.165) is 37.8 Å². The van der Waals surface area contributed by atoms with Crippen LogP contribution in [0.4, 0.5) is 10.5 Å². The number of hydrogen-bond donors (Lipinski definition) is 4. The summed E-state index contributed by atoms with van der Waals surface area (Å²) >= 11 is 0. The average Bonchev–Trinajstić information content (AvgIpc) is 2.71. The fourth-order valence-electron chi connectivity index (χ4n) is 2.79. The fraction of sp³-hybridized carbons (Fsp3) is 0.417. The van der Waals surface area contributed by atoms with Crippen LogP contribution in [0.25, 0.3) is 0 Å². The van der Waals surface area contributed by atoms with Crippen molar-refractivity contribution in [1.82, 2.24) is 11.0 Å². The molecule has 1 aromatic carbocycles. The molecule has 0 heterocycles. The van der Waals surface area contributed by atoms with Gasteiger partial charge in [-0.1, -0.05) is 6.07 Å². The summed E-state index contributed by atoms with van der Waals surface area (Å²) in [5.41, 5.74) is 9.99. The van der Waals surface area contributed by atoms with Crippen molar-refractivity contribution in [2.24, 2.45) is 0 Å². The van der Waals surface area contributed by atoms with Crippen molar-refractivity contribution in [3.05, 3.63) is 28.3 Å². The first kappa shape index (κ1) is 10.6. The van der Waals surface area contributed by atoms with E-state index >= 15 is 0 Å². The summed E-state index contributed by atoms with van der Waals surface area (Å²) in [6.07, 6.45) is 5.44. The molecule has 0 aromatic heterocycles. The summed E-state index contributed by atoms with van der Waals surface area (Å²) in [5, 5.41) is 11.3. The highest BCUT2D eigenvalue weighted by Crippen LogP contribution is 2.39. The molecule has 0 aliphatic heterocycles. The van der Waals surface area contributed by atoms with E-state index in [-0.39, 0.29) is 0 Å². The van der Waals surface area contributed by atoms with Gasteiger partial charge < -0.3 is 5.32 Å². The van der Waals surface area contributed by atoms with E-state index in [9.17, 15) is 4.79 Å². The Morgan fingerprint density at radius 1 is 1.12 bits per heavy atom. The maximum absolute atomic E-state index is 11.5. The first-order valence-corrected chi connectivity index (χ1v) is 5.92. The molecular weight excluding hydrogens is 218 g/mol. The number of aryl methyl sites for hydroxylation is 2. The number of rotatable bonds is 2. The third-order valence-electron chi connectivity index (χ3n) is 3.65. The molecule has 0 bridgehead atoms. The second kappa shape index (κ2) is 4.01.